The van der Waals surface area contributed by atoms with Crippen LogP contribution in [-0.2, 0) is 46.0 Å². The number of nitrogens with one attached hydrogen (secondary N) is 6. The molecule has 3 fully saturated rings. The quantitative estimate of drug-likeness (QED) is 0.0299. The van der Waals surface area contributed by atoms with Crippen molar-refractivity contribution in [2.45, 2.75) is 106 Å². The Morgan fingerprint density at radius 2 is 1.48 bits per heavy atom. The molecular weight excluding hydrogens is 911 g/mol. The smallest absolute Gasteiger partial charge is 0.387 e. The molecule has 350 valence electrons. The van der Waals surface area contributed by atoms with E-state index in [1.165, 1.54) is 12.2 Å². The van der Waals surface area contributed by atoms with Crippen molar-refractivity contribution >= 4 is 65.1 Å². The van der Waals surface area contributed by atoms with Gasteiger partial charge in [0, 0.05) is 56.1 Å². The van der Waals surface area contributed by atoms with E-state index in [1.807, 2.05) is 16.7 Å². The third-order valence-electron chi connectivity index (χ3n) is 9.53. The first-order valence-corrected chi connectivity index (χ1v) is 25.0. The number of urea groups is 1. The molecule has 0 aromatic carbocycles. The average Bonchev–Trinajstić information content (AvgIpc) is 3.81. The van der Waals surface area contributed by atoms with Gasteiger partial charge in [0.25, 0.3) is 5.56 Å². The molecule has 9 unspecified atom stereocenters. The van der Waals surface area contributed by atoms with Crippen molar-refractivity contribution in [2.75, 3.05) is 32.0 Å². The maximum absolute atomic E-state index is 12.5. The van der Waals surface area contributed by atoms with Gasteiger partial charge >= 0.3 is 35.2 Å². The number of rotatable bonds is 26. The van der Waals surface area contributed by atoms with E-state index in [9.17, 15) is 62.5 Å². The lowest BCUT2D eigenvalue weighted by Crippen LogP contribution is -2.38. The third kappa shape index (κ3) is 17.0. The van der Waals surface area contributed by atoms with Gasteiger partial charge in [-0.15, -0.1) is 0 Å². The van der Waals surface area contributed by atoms with Crippen LogP contribution in [-0.4, -0.2) is 131 Å². The summed E-state index contributed by atoms with van der Waals surface area (Å²) >= 11 is 1.85. The number of phosphoric acid groups is 3. The number of carbonyl (C=O) groups excluding carboxylic acids is 4. The van der Waals surface area contributed by atoms with Gasteiger partial charge in [0.1, 0.15) is 18.3 Å². The Bertz CT molecular complexity index is 2030. The summed E-state index contributed by atoms with van der Waals surface area (Å²) in [5.74, 6) is 0.388. The number of thioether (sulfide) groups is 1. The van der Waals surface area contributed by atoms with Crippen LogP contribution in [0.3, 0.4) is 0 Å². The molecule has 1 aromatic rings. The first-order chi connectivity index (χ1) is 29.1. The Morgan fingerprint density at radius 3 is 2.18 bits per heavy atom. The predicted octanol–water partition coefficient (Wildman–Crippen LogP) is -1.07. The number of aliphatic hydroxyl groups excluding tert-OH is 2. The minimum atomic E-state index is -5.83. The molecule has 0 aliphatic carbocycles. The molecule has 0 radical (unpaired) electrons. The number of hydrogen-bond donors (Lipinski definition) is 12. The van der Waals surface area contributed by atoms with E-state index >= 15 is 0 Å². The van der Waals surface area contributed by atoms with Crippen LogP contribution in [0.25, 0.3) is 6.08 Å². The minimum Gasteiger partial charge on any atom is -0.387 e. The van der Waals surface area contributed by atoms with E-state index in [2.05, 4.69) is 39.7 Å². The molecule has 0 saturated carbocycles. The van der Waals surface area contributed by atoms with Crippen molar-refractivity contribution in [3.63, 3.8) is 0 Å². The fourth-order valence-electron chi connectivity index (χ4n) is 6.57. The Kier molecular flexibility index (Phi) is 19.6. The minimum absolute atomic E-state index is 0.00370. The van der Waals surface area contributed by atoms with Gasteiger partial charge in [-0.25, -0.2) is 23.3 Å². The highest BCUT2D eigenvalue weighted by molar-refractivity contribution is 8.00. The predicted molar refractivity (Wildman–Crippen MR) is 217 cm³/mol. The summed E-state index contributed by atoms with van der Waals surface area (Å²) in [5.41, 5.74) is -2.13. The summed E-state index contributed by atoms with van der Waals surface area (Å²) < 4.78 is 52.0. The average molecular weight is 964 g/mol. The topological polar surface area (TPSA) is 393 Å². The molecule has 3 saturated heterocycles. The van der Waals surface area contributed by atoms with Crippen molar-refractivity contribution in [3.05, 3.63) is 38.7 Å². The van der Waals surface area contributed by atoms with Gasteiger partial charge in [-0.05, 0) is 32.1 Å². The Morgan fingerprint density at radius 1 is 0.839 bits per heavy atom. The van der Waals surface area contributed by atoms with E-state index in [-0.39, 0.29) is 60.9 Å². The number of nitrogens with zero attached hydrogens (tertiary/aromatic N) is 1. The molecule has 3 aliphatic rings. The van der Waals surface area contributed by atoms with Crippen molar-refractivity contribution in [3.8, 4) is 0 Å². The highest BCUT2D eigenvalue weighted by Crippen LogP contribution is 2.66. The van der Waals surface area contributed by atoms with Crippen LogP contribution in [0.15, 0.2) is 21.9 Å². The Labute approximate surface area is 357 Å². The van der Waals surface area contributed by atoms with Crippen molar-refractivity contribution in [1.82, 2.24) is 36.1 Å². The van der Waals surface area contributed by atoms with Crippen LogP contribution >= 0.6 is 35.2 Å². The number of fused-ring (bicyclic) bond motifs is 1. The normalized spacial score (nSPS) is 25.4. The highest BCUT2D eigenvalue weighted by atomic mass is 32.2. The zero-order valence-corrected chi connectivity index (χ0v) is 36.6. The zero-order valence-electron chi connectivity index (χ0n) is 33.1. The molecule has 0 bridgehead atoms. The summed E-state index contributed by atoms with van der Waals surface area (Å²) in [6, 6.07) is 0.245. The van der Waals surface area contributed by atoms with Crippen LogP contribution < -0.4 is 37.8 Å². The second-order valence-corrected chi connectivity index (χ2v) is 20.1. The zero-order chi connectivity index (χ0) is 45.7. The molecule has 1 aromatic heterocycles. The highest BCUT2D eigenvalue weighted by Gasteiger charge is 2.47. The molecule has 9 atom stereocenters. The van der Waals surface area contributed by atoms with Crippen molar-refractivity contribution < 1.29 is 80.5 Å². The number of H-pyrrole nitrogens is 1. The van der Waals surface area contributed by atoms with E-state index in [0.29, 0.717) is 42.0 Å². The number of aromatic nitrogens is 2. The molecule has 62 heavy (non-hydrogen) atoms. The van der Waals surface area contributed by atoms with Crippen LogP contribution in [0.5, 0.6) is 0 Å². The van der Waals surface area contributed by atoms with Gasteiger partial charge in [-0.2, -0.15) is 20.4 Å². The first-order valence-electron chi connectivity index (χ1n) is 19.4. The van der Waals surface area contributed by atoms with Crippen LogP contribution in [0.4, 0.5) is 4.79 Å². The molecule has 3 aliphatic heterocycles. The lowest BCUT2D eigenvalue weighted by molar-refractivity contribution is -0.122. The summed E-state index contributed by atoms with van der Waals surface area (Å²) in [6.45, 7) is -0.384. The van der Waals surface area contributed by atoms with E-state index < -0.39 is 65.9 Å². The molecule has 12 N–H and O–H groups in total. The molecule has 5 amide bonds. The van der Waals surface area contributed by atoms with E-state index in [0.717, 1.165) is 44.1 Å². The summed E-state index contributed by atoms with van der Waals surface area (Å²) in [5, 5.41) is 35.4. The number of hydrogen-bond acceptors (Lipinski definition) is 16. The number of aromatic amines is 1. The maximum atomic E-state index is 12.5. The molecule has 30 heteroatoms. The van der Waals surface area contributed by atoms with Gasteiger partial charge in [-0.3, -0.25) is 33.3 Å². The Hall–Kier alpha value is -3.26. The fourth-order valence-corrected chi connectivity index (χ4v) is 11.1. The molecule has 0 spiro atoms. The molecule has 4 heterocycles. The van der Waals surface area contributed by atoms with Crippen LogP contribution in [0.1, 0.15) is 76.0 Å². The van der Waals surface area contributed by atoms with Gasteiger partial charge < -0.3 is 61.1 Å². The van der Waals surface area contributed by atoms with Crippen LogP contribution in [0, 0.1) is 0 Å². The summed E-state index contributed by atoms with van der Waals surface area (Å²) in [4.78, 5) is 111. The maximum Gasteiger partial charge on any atom is 0.490 e. The second-order valence-electron chi connectivity index (χ2n) is 14.4. The molecule has 26 nitrogen and oxygen atoms in total. The van der Waals surface area contributed by atoms with Gasteiger partial charge in [0.05, 0.1) is 24.3 Å². The lowest BCUT2D eigenvalue weighted by Gasteiger charge is -2.19. The van der Waals surface area contributed by atoms with Gasteiger partial charge in [0.15, 0.2) is 6.23 Å². The van der Waals surface area contributed by atoms with Gasteiger partial charge in [0.2, 0.25) is 17.7 Å². The van der Waals surface area contributed by atoms with E-state index in [1.54, 1.807) is 0 Å². The largest absolute Gasteiger partial charge is 0.490 e. The van der Waals surface area contributed by atoms with E-state index in [4.69, 9.17) is 14.5 Å². The monoisotopic (exact) mass is 963 g/mol. The third-order valence-corrected chi connectivity index (χ3v) is 14.8. The van der Waals surface area contributed by atoms with Crippen LogP contribution in [0.2, 0.25) is 0 Å². The lowest BCUT2D eigenvalue weighted by atomic mass is 10.0. The number of ether oxygens (including phenoxy) is 1. The SMILES string of the molecule is O=C(CCCNC(=O)CCCCCNC(=O)CCCCC1SCC2NC(=O)NC21)NC/C=C/c1cn(C2OC(COP(=O)(O)OP(=O)(O)OP(=O)(O)O)C(O)C2O)c(=O)[nH]c1=O. The standard InChI is InChI=1S/C32H52N7O19P3S/c40-23(10-2-1-5-13-33-24(41)11-4-3-9-22-26-20(18-62-22)36-31(46)37-26)35-15-7-12-25(42)34-14-6-8-19-16-39(32(47)38-29(19)45)30-28(44)27(43)21(56-30)17-55-60(51,52)58-61(53,54)57-59(48,49)50/h6,8,16,20-22,26-28,30,43-44H,1-5,7,9-15,17-18H2,(H,33,41)(H,34,42)(H,35,40)(H,51,52)(H,53,54)(H2,36,37,46)(H,38,45,47)(H2,48,49,50)/b8-6+. The van der Waals surface area contributed by atoms with Gasteiger partial charge in [-0.1, -0.05) is 25.0 Å². The summed E-state index contributed by atoms with van der Waals surface area (Å²) in [6.07, 6.45) is 2.29. The number of amides is 5. The summed E-state index contributed by atoms with van der Waals surface area (Å²) in [7, 11) is -17.1. The fraction of sp³-hybridized carbons (Fsp3) is 0.688. The molecule has 4 rings (SSSR count). The van der Waals surface area contributed by atoms with Crippen molar-refractivity contribution in [2.24, 2.45) is 0 Å². The Balaban J connectivity index is 1.06. The molecular formula is C32H52N7O19P3S. The number of phosphoric ester groups is 1. The second kappa shape index (κ2) is 23.6. The number of carbonyl (C=O) groups is 4. The van der Waals surface area contributed by atoms with Crippen molar-refractivity contribution in [1.29, 1.82) is 0 Å². The number of aliphatic hydroxyl groups is 2. The first kappa shape index (κ1) is 51.4. The number of unbranched alkanes of at least 4 members (excludes halogenated alkanes) is 3.